The molecular formula is C17H25NO3. The Morgan fingerprint density at radius 3 is 2.71 bits per heavy atom. The summed E-state index contributed by atoms with van der Waals surface area (Å²) in [6.45, 7) is 7.35. The van der Waals surface area contributed by atoms with E-state index in [1.54, 1.807) is 12.1 Å². The van der Waals surface area contributed by atoms with Crippen LogP contribution in [0.1, 0.15) is 48.5 Å². The van der Waals surface area contributed by atoms with Crippen molar-refractivity contribution in [2.24, 2.45) is 0 Å². The third kappa shape index (κ3) is 4.21. The minimum absolute atomic E-state index is 0.127. The van der Waals surface area contributed by atoms with Crippen molar-refractivity contribution in [2.45, 2.75) is 45.6 Å². The van der Waals surface area contributed by atoms with E-state index in [1.807, 2.05) is 13.0 Å². The number of para-hydroxylation sites is 1. The van der Waals surface area contributed by atoms with E-state index in [2.05, 4.69) is 11.8 Å². The molecule has 0 radical (unpaired) electrons. The van der Waals surface area contributed by atoms with Crippen molar-refractivity contribution < 1.29 is 14.6 Å². The van der Waals surface area contributed by atoms with Gasteiger partial charge in [0.1, 0.15) is 17.4 Å². The number of rotatable bonds is 6. The third-order valence-corrected chi connectivity index (χ3v) is 4.09. The Labute approximate surface area is 126 Å². The maximum absolute atomic E-state index is 11.3. The summed E-state index contributed by atoms with van der Waals surface area (Å²) in [5.74, 6) is -0.383. The zero-order chi connectivity index (χ0) is 15.2. The van der Waals surface area contributed by atoms with Gasteiger partial charge in [0.2, 0.25) is 0 Å². The largest absolute Gasteiger partial charge is 0.489 e. The molecule has 1 aromatic carbocycles. The summed E-state index contributed by atoms with van der Waals surface area (Å²) in [5, 5.41) is 9.27. The first-order valence-electron chi connectivity index (χ1n) is 7.83. The van der Waals surface area contributed by atoms with E-state index in [4.69, 9.17) is 4.74 Å². The molecule has 1 aromatic rings. The molecule has 116 valence electrons. The van der Waals surface area contributed by atoms with Crippen LogP contribution in [-0.4, -0.2) is 41.7 Å². The summed E-state index contributed by atoms with van der Waals surface area (Å²) in [4.78, 5) is 13.8. The lowest BCUT2D eigenvalue weighted by Gasteiger charge is -2.32. The molecule has 4 heteroatoms. The molecule has 2 rings (SSSR count). The molecule has 1 heterocycles. The van der Waals surface area contributed by atoms with Crippen LogP contribution in [0.2, 0.25) is 0 Å². The highest BCUT2D eigenvalue weighted by molar-refractivity contribution is 5.91. The quantitative estimate of drug-likeness (QED) is 0.873. The SMILES string of the molecule is CCCCN1CCC(Oc2c(C)cccc2C(=O)O)CC1. The predicted octanol–water partition coefficient (Wildman–Crippen LogP) is 3.34. The van der Waals surface area contributed by atoms with Crippen LogP contribution >= 0.6 is 0 Å². The number of hydrogen-bond acceptors (Lipinski definition) is 3. The first-order chi connectivity index (χ1) is 10.1. The van der Waals surface area contributed by atoms with Crippen LogP contribution in [0.4, 0.5) is 0 Å². The average Bonchev–Trinajstić information content (AvgIpc) is 2.48. The highest BCUT2D eigenvalue weighted by Crippen LogP contribution is 2.27. The van der Waals surface area contributed by atoms with Gasteiger partial charge in [0.15, 0.2) is 0 Å². The van der Waals surface area contributed by atoms with E-state index in [1.165, 1.54) is 12.8 Å². The van der Waals surface area contributed by atoms with E-state index in [9.17, 15) is 9.90 Å². The molecule has 1 N–H and O–H groups in total. The lowest BCUT2D eigenvalue weighted by Crippen LogP contribution is -2.38. The highest BCUT2D eigenvalue weighted by atomic mass is 16.5. The van der Waals surface area contributed by atoms with Crippen molar-refractivity contribution in [3.05, 3.63) is 29.3 Å². The van der Waals surface area contributed by atoms with Gasteiger partial charge in [-0.25, -0.2) is 4.79 Å². The second kappa shape index (κ2) is 7.46. The molecule has 0 atom stereocenters. The van der Waals surface area contributed by atoms with Gasteiger partial charge in [0.05, 0.1) is 0 Å². The molecular weight excluding hydrogens is 266 g/mol. The monoisotopic (exact) mass is 291 g/mol. The minimum atomic E-state index is -0.922. The predicted molar refractivity (Wildman–Crippen MR) is 83.1 cm³/mol. The van der Waals surface area contributed by atoms with E-state index < -0.39 is 5.97 Å². The standard InChI is InChI=1S/C17H25NO3/c1-3-4-10-18-11-8-14(9-12-18)21-16-13(2)6-5-7-15(16)17(19)20/h5-7,14H,3-4,8-12H2,1-2H3,(H,19,20). The van der Waals surface area contributed by atoms with E-state index >= 15 is 0 Å². The number of carboxylic acids is 1. The fraction of sp³-hybridized carbons (Fsp3) is 0.588. The molecule has 0 aliphatic carbocycles. The summed E-state index contributed by atoms with van der Waals surface area (Å²) in [5.41, 5.74) is 1.16. The molecule has 0 saturated carbocycles. The average molecular weight is 291 g/mol. The first kappa shape index (κ1) is 15.8. The van der Waals surface area contributed by atoms with Crippen molar-refractivity contribution in [1.82, 2.24) is 4.90 Å². The number of likely N-dealkylation sites (tertiary alicyclic amines) is 1. The Bertz CT molecular complexity index is 479. The summed E-state index contributed by atoms with van der Waals surface area (Å²) in [6.07, 6.45) is 4.53. The van der Waals surface area contributed by atoms with Gasteiger partial charge in [-0.3, -0.25) is 0 Å². The van der Waals surface area contributed by atoms with Gasteiger partial charge >= 0.3 is 5.97 Å². The molecule has 1 saturated heterocycles. The first-order valence-corrected chi connectivity index (χ1v) is 7.83. The van der Waals surface area contributed by atoms with Crippen LogP contribution in [0.25, 0.3) is 0 Å². The second-order valence-corrected chi connectivity index (χ2v) is 5.77. The summed E-state index contributed by atoms with van der Waals surface area (Å²) < 4.78 is 6.02. The number of carbonyl (C=O) groups is 1. The number of piperidine rings is 1. The molecule has 0 aromatic heterocycles. The fourth-order valence-electron chi connectivity index (χ4n) is 2.78. The number of carboxylic acid groups (broad SMARTS) is 1. The maximum Gasteiger partial charge on any atom is 0.339 e. The van der Waals surface area contributed by atoms with Crippen molar-refractivity contribution in [1.29, 1.82) is 0 Å². The lowest BCUT2D eigenvalue weighted by molar-refractivity contribution is 0.0676. The number of hydrogen-bond donors (Lipinski definition) is 1. The number of aryl methyl sites for hydroxylation is 1. The molecule has 0 spiro atoms. The molecule has 4 nitrogen and oxygen atoms in total. The van der Waals surface area contributed by atoms with E-state index in [-0.39, 0.29) is 11.7 Å². The van der Waals surface area contributed by atoms with Crippen LogP contribution in [-0.2, 0) is 0 Å². The maximum atomic E-state index is 11.3. The third-order valence-electron chi connectivity index (χ3n) is 4.09. The number of nitrogens with zero attached hydrogens (tertiary/aromatic N) is 1. The number of benzene rings is 1. The second-order valence-electron chi connectivity index (χ2n) is 5.77. The van der Waals surface area contributed by atoms with Gasteiger partial charge in [-0.05, 0) is 44.4 Å². The normalized spacial score (nSPS) is 16.9. The van der Waals surface area contributed by atoms with Crippen LogP contribution in [0.15, 0.2) is 18.2 Å². The lowest BCUT2D eigenvalue weighted by atomic mass is 10.1. The van der Waals surface area contributed by atoms with Crippen LogP contribution < -0.4 is 4.74 Å². The van der Waals surface area contributed by atoms with Crippen molar-refractivity contribution in [3.8, 4) is 5.75 Å². The van der Waals surface area contributed by atoms with E-state index in [0.29, 0.717) is 5.75 Å². The van der Waals surface area contributed by atoms with Gasteiger partial charge < -0.3 is 14.7 Å². The Morgan fingerprint density at radius 1 is 1.38 bits per heavy atom. The van der Waals surface area contributed by atoms with Crippen molar-refractivity contribution in [2.75, 3.05) is 19.6 Å². The zero-order valence-corrected chi connectivity index (χ0v) is 13.0. The Morgan fingerprint density at radius 2 is 2.10 bits per heavy atom. The Balaban J connectivity index is 1.96. The van der Waals surface area contributed by atoms with Crippen molar-refractivity contribution in [3.63, 3.8) is 0 Å². The van der Waals surface area contributed by atoms with Gasteiger partial charge in [-0.1, -0.05) is 25.5 Å². The van der Waals surface area contributed by atoms with Gasteiger partial charge in [-0.15, -0.1) is 0 Å². The highest BCUT2D eigenvalue weighted by Gasteiger charge is 2.23. The van der Waals surface area contributed by atoms with Crippen molar-refractivity contribution >= 4 is 5.97 Å². The fourth-order valence-corrected chi connectivity index (χ4v) is 2.78. The summed E-state index contributed by atoms with van der Waals surface area (Å²) >= 11 is 0. The molecule has 0 unspecified atom stereocenters. The minimum Gasteiger partial charge on any atom is -0.489 e. The molecule has 0 bridgehead atoms. The van der Waals surface area contributed by atoms with Gasteiger partial charge in [0.25, 0.3) is 0 Å². The number of unbranched alkanes of at least 4 members (excludes halogenated alkanes) is 1. The van der Waals surface area contributed by atoms with Gasteiger partial charge in [0, 0.05) is 13.1 Å². The molecule has 1 aliphatic rings. The van der Waals surface area contributed by atoms with Crippen LogP contribution in [0.3, 0.4) is 0 Å². The summed E-state index contributed by atoms with van der Waals surface area (Å²) in [7, 11) is 0. The molecule has 21 heavy (non-hydrogen) atoms. The van der Waals surface area contributed by atoms with Gasteiger partial charge in [-0.2, -0.15) is 0 Å². The van der Waals surface area contributed by atoms with E-state index in [0.717, 1.165) is 38.0 Å². The molecule has 0 amide bonds. The number of ether oxygens (including phenoxy) is 1. The van der Waals surface area contributed by atoms with Crippen LogP contribution in [0, 0.1) is 6.92 Å². The summed E-state index contributed by atoms with van der Waals surface area (Å²) in [6, 6.07) is 5.28. The topological polar surface area (TPSA) is 49.8 Å². The Hall–Kier alpha value is -1.55. The number of aromatic carboxylic acids is 1. The Kier molecular flexibility index (Phi) is 5.62. The van der Waals surface area contributed by atoms with Crippen LogP contribution in [0.5, 0.6) is 5.75 Å². The molecule has 1 aliphatic heterocycles. The smallest absolute Gasteiger partial charge is 0.339 e. The molecule has 1 fully saturated rings. The zero-order valence-electron chi connectivity index (χ0n) is 13.0.